The molecule has 0 unspecified atom stereocenters. The third-order valence-electron chi connectivity index (χ3n) is 2.90. The largest absolute Gasteiger partial charge is 0.462 e. The molecule has 0 saturated carbocycles. The van der Waals surface area contributed by atoms with E-state index in [1.807, 2.05) is 12.1 Å². The first-order valence-electron chi connectivity index (χ1n) is 6.27. The van der Waals surface area contributed by atoms with E-state index in [4.69, 9.17) is 4.74 Å². The monoisotopic (exact) mass is 336 g/mol. The van der Waals surface area contributed by atoms with Crippen LogP contribution in [0, 0.1) is 5.82 Å². The van der Waals surface area contributed by atoms with Gasteiger partial charge >= 0.3 is 5.97 Å². The minimum Gasteiger partial charge on any atom is -0.462 e. The van der Waals surface area contributed by atoms with E-state index in [9.17, 15) is 9.18 Å². The molecular formula is C16H14BrFO2. The molecule has 0 N–H and O–H groups in total. The van der Waals surface area contributed by atoms with Crippen LogP contribution < -0.4 is 0 Å². The highest BCUT2D eigenvalue weighted by atomic mass is 79.9. The zero-order chi connectivity index (χ0) is 14.5. The Kier molecular flexibility index (Phi) is 4.90. The van der Waals surface area contributed by atoms with Gasteiger partial charge in [-0.1, -0.05) is 34.1 Å². The second-order valence-corrected chi connectivity index (χ2v) is 4.80. The van der Waals surface area contributed by atoms with Crippen LogP contribution in [0.15, 0.2) is 42.5 Å². The van der Waals surface area contributed by atoms with Crippen molar-refractivity contribution in [2.75, 3.05) is 6.61 Å². The van der Waals surface area contributed by atoms with Crippen molar-refractivity contribution in [3.8, 4) is 11.1 Å². The molecule has 0 aliphatic rings. The molecule has 0 atom stereocenters. The molecule has 0 spiro atoms. The molecule has 2 nitrogen and oxygen atoms in total. The van der Waals surface area contributed by atoms with Gasteiger partial charge in [-0.3, -0.25) is 0 Å². The van der Waals surface area contributed by atoms with E-state index in [1.54, 1.807) is 25.1 Å². The number of carbonyl (C=O) groups excluding carboxylic acids is 1. The van der Waals surface area contributed by atoms with E-state index in [1.165, 1.54) is 12.1 Å². The molecule has 0 saturated heterocycles. The van der Waals surface area contributed by atoms with Crippen molar-refractivity contribution in [2.24, 2.45) is 0 Å². The summed E-state index contributed by atoms with van der Waals surface area (Å²) in [7, 11) is 0. The van der Waals surface area contributed by atoms with Crippen LogP contribution in [0.25, 0.3) is 11.1 Å². The third-order valence-corrected chi connectivity index (χ3v) is 3.50. The van der Waals surface area contributed by atoms with Gasteiger partial charge in [0.05, 0.1) is 12.2 Å². The van der Waals surface area contributed by atoms with Crippen LogP contribution >= 0.6 is 15.9 Å². The van der Waals surface area contributed by atoms with Gasteiger partial charge in [0.2, 0.25) is 0 Å². The van der Waals surface area contributed by atoms with Crippen molar-refractivity contribution >= 4 is 21.9 Å². The number of alkyl halides is 1. The van der Waals surface area contributed by atoms with Crippen molar-refractivity contribution in [2.45, 2.75) is 12.3 Å². The summed E-state index contributed by atoms with van der Waals surface area (Å²) >= 11 is 3.40. The van der Waals surface area contributed by atoms with Gasteiger partial charge < -0.3 is 4.74 Å². The van der Waals surface area contributed by atoms with Gasteiger partial charge in [-0.2, -0.15) is 0 Å². The summed E-state index contributed by atoms with van der Waals surface area (Å²) in [5, 5.41) is 0.575. The van der Waals surface area contributed by atoms with Gasteiger partial charge in [0.25, 0.3) is 0 Å². The highest BCUT2D eigenvalue weighted by Gasteiger charge is 2.11. The van der Waals surface area contributed by atoms with Crippen LogP contribution in [-0.2, 0) is 10.1 Å². The van der Waals surface area contributed by atoms with Crippen LogP contribution in [0.4, 0.5) is 4.39 Å². The molecule has 0 aliphatic heterocycles. The first kappa shape index (κ1) is 14.7. The molecule has 2 aromatic carbocycles. The Labute approximate surface area is 125 Å². The summed E-state index contributed by atoms with van der Waals surface area (Å²) in [6.07, 6.45) is 0. The van der Waals surface area contributed by atoms with E-state index in [2.05, 4.69) is 15.9 Å². The van der Waals surface area contributed by atoms with Crippen LogP contribution in [-0.4, -0.2) is 12.6 Å². The molecule has 0 heterocycles. The molecule has 0 bridgehead atoms. The number of hydrogen-bond acceptors (Lipinski definition) is 2. The molecule has 0 radical (unpaired) electrons. The summed E-state index contributed by atoms with van der Waals surface area (Å²) in [4.78, 5) is 11.7. The van der Waals surface area contributed by atoms with Crippen LogP contribution in [0.5, 0.6) is 0 Å². The second kappa shape index (κ2) is 6.66. The normalized spacial score (nSPS) is 10.3. The highest BCUT2D eigenvalue weighted by molar-refractivity contribution is 9.08. The summed E-state index contributed by atoms with van der Waals surface area (Å²) in [5.74, 6) is -0.627. The quantitative estimate of drug-likeness (QED) is 0.604. The molecule has 20 heavy (non-hydrogen) atoms. The number of ether oxygens (including phenoxy) is 1. The minimum atomic E-state index is -0.347. The second-order valence-electron chi connectivity index (χ2n) is 4.24. The van der Waals surface area contributed by atoms with Crippen molar-refractivity contribution < 1.29 is 13.9 Å². The fourth-order valence-electron chi connectivity index (χ4n) is 1.98. The molecule has 4 heteroatoms. The van der Waals surface area contributed by atoms with Crippen LogP contribution in [0.3, 0.4) is 0 Å². The van der Waals surface area contributed by atoms with Gasteiger partial charge in [-0.05, 0) is 47.9 Å². The Balaban J connectivity index is 2.43. The maximum atomic E-state index is 13.3. The molecular weight excluding hydrogens is 323 g/mol. The third kappa shape index (κ3) is 3.25. The first-order chi connectivity index (χ1) is 9.65. The lowest BCUT2D eigenvalue weighted by Gasteiger charge is -2.10. The number of halogens is 2. The molecule has 0 fully saturated rings. The standard InChI is InChI=1S/C16H14BrFO2/c1-2-20-16(19)12-6-7-15(13(8-12)10-17)11-4-3-5-14(18)9-11/h3-9H,2,10H2,1H3. The van der Waals surface area contributed by atoms with Crippen LogP contribution in [0.2, 0.25) is 0 Å². The summed E-state index contributed by atoms with van der Waals surface area (Å²) in [5.41, 5.74) is 3.10. The molecule has 0 amide bonds. The Morgan fingerprint density at radius 2 is 2.05 bits per heavy atom. The van der Waals surface area contributed by atoms with Crippen molar-refractivity contribution in [3.05, 3.63) is 59.4 Å². The van der Waals surface area contributed by atoms with Gasteiger partial charge in [0, 0.05) is 5.33 Å². The maximum Gasteiger partial charge on any atom is 0.338 e. The lowest BCUT2D eigenvalue weighted by Crippen LogP contribution is -2.05. The van der Waals surface area contributed by atoms with Gasteiger partial charge in [0.1, 0.15) is 5.82 Å². The number of rotatable bonds is 4. The first-order valence-corrected chi connectivity index (χ1v) is 7.39. The number of hydrogen-bond donors (Lipinski definition) is 0. The van der Waals surface area contributed by atoms with Crippen molar-refractivity contribution in [1.29, 1.82) is 0 Å². The smallest absolute Gasteiger partial charge is 0.338 e. The topological polar surface area (TPSA) is 26.3 Å². The lowest BCUT2D eigenvalue weighted by atomic mass is 9.98. The zero-order valence-electron chi connectivity index (χ0n) is 11.0. The number of benzene rings is 2. The van der Waals surface area contributed by atoms with Gasteiger partial charge in [-0.25, -0.2) is 9.18 Å². The van der Waals surface area contributed by atoms with Crippen molar-refractivity contribution in [3.63, 3.8) is 0 Å². The number of carbonyl (C=O) groups is 1. The average molecular weight is 337 g/mol. The minimum absolute atomic E-state index is 0.280. The van der Waals surface area contributed by atoms with E-state index >= 15 is 0 Å². The number of esters is 1. The molecule has 2 aromatic rings. The summed E-state index contributed by atoms with van der Waals surface area (Å²) in [6, 6.07) is 11.7. The average Bonchev–Trinajstić information content (AvgIpc) is 2.46. The SMILES string of the molecule is CCOC(=O)c1ccc(-c2cccc(F)c2)c(CBr)c1. The van der Waals surface area contributed by atoms with E-state index in [-0.39, 0.29) is 11.8 Å². The lowest BCUT2D eigenvalue weighted by molar-refractivity contribution is 0.0526. The molecule has 2 rings (SSSR count). The van der Waals surface area contributed by atoms with Gasteiger partial charge in [-0.15, -0.1) is 0 Å². The molecule has 0 aliphatic carbocycles. The van der Waals surface area contributed by atoms with Gasteiger partial charge in [0.15, 0.2) is 0 Å². The summed E-state index contributed by atoms with van der Waals surface area (Å²) in [6.45, 7) is 2.11. The van der Waals surface area contributed by atoms with E-state index in [0.29, 0.717) is 17.5 Å². The van der Waals surface area contributed by atoms with Crippen LogP contribution in [0.1, 0.15) is 22.8 Å². The van der Waals surface area contributed by atoms with Crippen molar-refractivity contribution in [1.82, 2.24) is 0 Å². The Hall–Kier alpha value is -1.68. The Morgan fingerprint density at radius 1 is 1.25 bits per heavy atom. The summed E-state index contributed by atoms with van der Waals surface area (Å²) < 4.78 is 18.3. The van der Waals surface area contributed by atoms with E-state index < -0.39 is 0 Å². The zero-order valence-corrected chi connectivity index (χ0v) is 12.6. The fourth-order valence-corrected chi connectivity index (χ4v) is 2.45. The predicted octanol–water partition coefficient (Wildman–Crippen LogP) is 4.56. The fraction of sp³-hybridized carbons (Fsp3) is 0.188. The molecule has 0 aromatic heterocycles. The maximum absolute atomic E-state index is 13.3. The predicted molar refractivity (Wildman–Crippen MR) is 80.4 cm³/mol. The van der Waals surface area contributed by atoms with E-state index in [0.717, 1.165) is 16.7 Å². The Morgan fingerprint density at radius 3 is 2.70 bits per heavy atom. The molecule has 104 valence electrons. The Bertz CT molecular complexity index is 626. The highest BCUT2D eigenvalue weighted by Crippen LogP contribution is 2.27.